The molecule has 1 amide bonds. The molecule has 3 nitrogen and oxygen atoms in total. The van der Waals surface area contributed by atoms with E-state index in [2.05, 4.69) is 17.4 Å². The van der Waals surface area contributed by atoms with Crippen molar-refractivity contribution in [2.75, 3.05) is 12.4 Å². The molecule has 3 aromatic rings. The van der Waals surface area contributed by atoms with Gasteiger partial charge in [-0.2, -0.15) is 0 Å². The van der Waals surface area contributed by atoms with Crippen molar-refractivity contribution in [3.8, 4) is 5.75 Å². The number of para-hydroxylation sites is 2. The fraction of sp³-hybridized carbons (Fsp3) is 0.0952. The Balaban J connectivity index is 1.62. The van der Waals surface area contributed by atoms with Crippen molar-refractivity contribution in [3.63, 3.8) is 0 Å². The van der Waals surface area contributed by atoms with Gasteiger partial charge in [-0.05, 0) is 42.0 Å². The van der Waals surface area contributed by atoms with Crippen LogP contribution in [0, 0.1) is 0 Å². The van der Waals surface area contributed by atoms with Crippen LogP contribution in [0.4, 0.5) is 5.69 Å². The zero-order valence-corrected chi connectivity index (χ0v) is 14.8. The molecule has 0 radical (unpaired) electrons. The fourth-order valence-corrected chi connectivity index (χ4v) is 3.25. The normalized spacial score (nSPS) is 10.3. The molecule has 0 atom stereocenters. The van der Waals surface area contributed by atoms with E-state index in [1.165, 1.54) is 10.5 Å². The lowest BCUT2D eigenvalue weighted by Crippen LogP contribution is -2.12. The SMILES string of the molecule is COc1ccccc1NC(=O)c1ccc(CSc2ccccc2)cc1. The lowest BCUT2D eigenvalue weighted by atomic mass is 10.1. The Labute approximate surface area is 152 Å². The van der Waals surface area contributed by atoms with Crippen molar-refractivity contribution in [1.82, 2.24) is 0 Å². The molecule has 0 aliphatic rings. The molecule has 0 aromatic heterocycles. The number of carbonyl (C=O) groups is 1. The molecule has 0 fully saturated rings. The minimum Gasteiger partial charge on any atom is -0.495 e. The van der Waals surface area contributed by atoms with Gasteiger partial charge >= 0.3 is 0 Å². The Hall–Kier alpha value is -2.72. The third-order valence-electron chi connectivity index (χ3n) is 3.72. The second-order valence-corrected chi connectivity index (χ2v) is 6.50. The number of thioether (sulfide) groups is 1. The van der Waals surface area contributed by atoms with E-state index < -0.39 is 0 Å². The van der Waals surface area contributed by atoms with Crippen LogP contribution in [-0.2, 0) is 5.75 Å². The summed E-state index contributed by atoms with van der Waals surface area (Å²) in [5.74, 6) is 1.37. The first-order valence-electron chi connectivity index (χ1n) is 7.97. The van der Waals surface area contributed by atoms with Crippen molar-refractivity contribution < 1.29 is 9.53 Å². The molecule has 0 aliphatic carbocycles. The molecule has 1 N–H and O–H groups in total. The lowest BCUT2D eigenvalue weighted by molar-refractivity contribution is 0.102. The number of carbonyl (C=O) groups excluding carboxylic acids is 1. The molecule has 0 bridgehead atoms. The highest BCUT2D eigenvalue weighted by Gasteiger charge is 2.09. The number of hydrogen-bond donors (Lipinski definition) is 1. The Morgan fingerprint density at radius 2 is 1.60 bits per heavy atom. The maximum absolute atomic E-state index is 12.4. The highest BCUT2D eigenvalue weighted by atomic mass is 32.2. The quantitative estimate of drug-likeness (QED) is 0.619. The van der Waals surface area contributed by atoms with Crippen LogP contribution in [0.3, 0.4) is 0 Å². The highest BCUT2D eigenvalue weighted by Crippen LogP contribution is 2.25. The standard InChI is InChI=1S/C21H19NO2S/c1-24-20-10-6-5-9-19(20)22-21(23)17-13-11-16(12-14-17)15-25-18-7-3-2-4-8-18/h2-14H,15H2,1H3,(H,22,23). The summed E-state index contributed by atoms with van der Waals surface area (Å²) < 4.78 is 5.26. The van der Waals surface area contributed by atoms with Crippen LogP contribution in [0.1, 0.15) is 15.9 Å². The zero-order valence-electron chi connectivity index (χ0n) is 13.9. The van der Waals surface area contributed by atoms with Crippen molar-refractivity contribution in [1.29, 1.82) is 0 Å². The number of anilines is 1. The first-order valence-corrected chi connectivity index (χ1v) is 8.96. The Kier molecular flexibility index (Phi) is 5.75. The average molecular weight is 349 g/mol. The number of methoxy groups -OCH3 is 1. The summed E-state index contributed by atoms with van der Waals surface area (Å²) in [5, 5.41) is 2.89. The van der Waals surface area contributed by atoms with Gasteiger partial charge in [-0.25, -0.2) is 0 Å². The molecule has 0 aliphatic heterocycles. The van der Waals surface area contributed by atoms with Crippen LogP contribution >= 0.6 is 11.8 Å². The molecule has 0 unspecified atom stereocenters. The molecular weight excluding hydrogens is 330 g/mol. The van der Waals surface area contributed by atoms with E-state index in [1.54, 1.807) is 18.9 Å². The third kappa shape index (κ3) is 4.64. The van der Waals surface area contributed by atoms with E-state index in [1.807, 2.05) is 66.7 Å². The largest absolute Gasteiger partial charge is 0.495 e. The lowest BCUT2D eigenvalue weighted by Gasteiger charge is -2.10. The van der Waals surface area contributed by atoms with E-state index in [0.717, 1.165) is 5.75 Å². The second kappa shape index (κ2) is 8.40. The Morgan fingerprint density at radius 3 is 2.32 bits per heavy atom. The van der Waals surface area contributed by atoms with E-state index in [0.29, 0.717) is 17.0 Å². The highest BCUT2D eigenvalue weighted by molar-refractivity contribution is 7.98. The van der Waals surface area contributed by atoms with E-state index in [4.69, 9.17) is 4.74 Å². The van der Waals surface area contributed by atoms with E-state index in [9.17, 15) is 4.79 Å². The van der Waals surface area contributed by atoms with Crippen molar-refractivity contribution >= 4 is 23.4 Å². The smallest absolute Gasteiger partial charge is 0.255 e. The van der Waals surface area contributed by atoms with Gasteiger partial charge in [0.1, 0.15) is 5.75 Å². The number of ether oxygens (including phenoxy) is 1. The predicted octanol–water partition coefficient (Wildman–Crippen LogP) is 5.24. The molecule has 3 aromatic carbocycles. The first kappa shape index (κ1) is 17.1. The molecule has 4 heteroatoms. The van der Waals surface area contributed by atoms with Crippen molar-refractivity contribution in [3.05, 3.63) is 90.0 Å². The summed E-state index contributed by atoms with van der Waals surface area (Å²) >= 11 is 1.78. The van der Waals surface area contributed by atoms with Gasteiger partial charge in [0.2, 0.25) is 0 Å². The number of amides is 1. The third-order valence-corrected chi connectivity index (χ3v) is 4.80. The average Bonchev–Trinajstić information content (AvgIpc) is 2.68. The molecule has 0 saturated carbocycles. The number of nitrogens with one attached hydrogen (secondary N) is 1. The molecule has 0 heterocycles. The van der Waals surface area contributed by atoms with Gasteiger partial charge in [0.05, 0.1) is 12.8 Å². The van der Waals surface area contributed by atoms with Gasteiger partial charge in [-0.15, -0.1) is 11.8 Å². The maximum atomic E-state index is 12.4. The summed E-state index contributed by atoms with van der Waals surface area (Å²) in [6.45, 7) is 0. The Morgan fingerprint density at radius 1 is 0.920 bits per heavy atom. The predicted molar refractivity (Wildman–Crippen MR) is 103 cm³/mol. The van der Waals surface area contributed by atoms with Crippen LogP contribution in [0.2, 0.25) is 0 Å². The molecule has 25 heavy (non-hydrogen) atoms. The number of rotatable bonds is 6. The van der Waals surface area contributed by atoms with E-state index >= 15 is 0 Å². The van der Waals surface area contributed by atoms with Crippen LogP contribution in [0.5, 0.6) is 5.75 Å². The second-order valence-electron chi connectivity index (χ2n) is 5.45. The van der Waals surface area contributed by atoms with Crippen LogP contribution in [-0.4, -0.2) is 13.0 Å². The molecule has 3 rings (SSSR count). The van der Waals surface area contributed by atoms with Crippen LogP contribution < -0.4 is 10.1 Å². The Bertz CT molecular complexity index is 832. The topological polar surface area (TPSA) is 38.3 Å². The zero-order chi connectivity index (χ0) is 17.5. The first-order chi connectivity index (χ1) is 12.3. The van der Waals surface area contributed by atoms with Gasteiger partial charge in [-0.1, -0.05) is 42.5 Å². The molecular formula is C21H19NO2S. The number of hydrogen-bond acceptors (Lipinski definition) is 3. The summed E-state index contributed by atoms with van der Waals surface area (Å²) in [4.78, 5) is 13.6. The number of benzene rings is 3. The van der Waals surface area contributed by atoms with Gasteiger partial charge in [-0.3, -0.25) is 4.79 Å². The monoisotopic (exact) mass is 349 g/mol. The molecule has 0 saturated heterocycles. The molecule has 0 spiro atoms. The van der Waals surface area contributed by atoms with Gasteiger partial charge in [0.25, 0.3) is 5.91 Å². The summed E-state index contributed by atoms with van der Waals surface area (Å²) in [5.41, 5.74) is 2.47. The maximum Gasteiger partial charge on any atom is 0.255 e. The van der Waals surface area contributed by atoms with Crippen LogP contribution in [0.25, 0.3) is 0 Å². The van der Waals surface area contributed by atoms with Crippen molar-refractivity contribution in [2.45, 2.75) is 10.6 Å². The minimum atomic E-state index is -0.147. The fourth-order valence-electron chi connectivity index (χ4n) is 2.38. The van der Waals surface area contributed by atoms with Gasteiger partial charge < -0.3 is 10.1 Å². The van der Waals surface area contributed by atoms with Gasteiger partial charge in [0.15, 0.2) is 0 Å². The summed E-state index contributed by atoms with van der Waals surface area (Å²) in [6, 6.07) is 25.3. The molecule has 126 valence electrons. The van der Waals surface area contributed by atoms with Crippen LogP contribution in [0.15, 0.2) is 83.8 Å². The minimum absolute atomic E-state index is 0.147. The summed E-state index contributed by atoms with van der Waals surface area (Å²) in [6.07, 6.45) is 0. The van der Waals surface area contributed by atoms with Gasteiger partial charge in [0, 0.05) is 16.2 Å². The van der Waals surface area contributed by atoms with E-state index in [-0.39, 0.29) is 5.91 Å². The summed E-state index contributed by atoms with van der Waals surface area (Å²) in [7, 11) is 1.59. The van der Waals surface area contributed by atoms with Crippen molar-refractivity contribution in [2.24, 2.45) is 0 Å².